The number of phenolic OH excluding ortho intramolecular Hbond substituents is 1. The van der Waals surface area contributed by atoms with Crippen LogP contribution in [0.3, 0.4) is 0 Å². The molecule has 1 atom stereocenters. The first kappa shape index (κ1) is 22.7. The van der Waals surface area contributed by atoms with Crippen molar-refractivity contribution in [2.24, 2.45) is 0 Å². The Morgan fingerprint density at radius 3 is 1.97 bits per heavy atom. The molecule has 0 aromatic heterocycles. The van der Waals surface area contributed by atoms with E-state index in [-0.39, 0.29) is 16.6 Å². The van der Waals surface area contributed by atoms with Crippen LogP contribution in [0.2, 0.25) is 0 Å². The Kier molecular flexibility index (Phi) is 6.89. The van der Waals surface area contributed by atoms with Gasteiger partial charge in [-0.3, -0.25) is 4.79 Å². The summed E-state index contributed by atoms with van der Waals surface area (Å²) in [4.78, 5) is 11.1. The van der Waals surface area contributed by atoms with E-state index in [2.05, 4.69) is 72.4 Å². The average Bonchev–Trinajstić information content (AvgIpc) is 2.70. The highest BCUT2D eigenvalue weighted by atomic mass is 16.3. The van der Waals surface area contributed by atoms with Crippen LogP contribution in [0, 0.1) is 0 Å². The third kappa shape index (κ3) is 5.06. The number of hydrogen-bond donors (Lipinski definition) is 1. The van der Waals surface area contributed by atoms with E-state index >= 15 is 0 Å². The van der Waals surface area contributed by atoms with Gasteiger partial charge < -0.3 is 5.11 Å². The summed E-state index contributed by atoms with van der Waals surface area (Å²) in [5.74, 6) is 0.0941. The lowest BCUT2D eigenvalue weighted by Crippen LogP contribution is -2.24. The maximum Gasteiger partial charge on any atom is 0.150 e. The fourth-order valence-electron chi connectivity index (χ4n) is 3.43. The molecular weight excluding hydrogens is 356 g/mol. The zero-order valence-corrected chi connectivity index (χ0v) is 18.7. The zero-order chi connectivity index (χ0) is 21.8. The van der Waals surface area contributed by atoms with Crippen LogP contribution in [0.4, 0.5) is 0 Å². The minimum absolute atomic E-state index is 0.0675. The topological polar surface area (TPSA) is 37.3 Å². The Balaban J connectivity index is 2.60. The molecule has 0 aliphatic heterocycles. The molecule has 0 saturated heterocycles. The van der Waals surface area contributed by atoms with Crippen molar-refractivity contribution in [3.8, 4) is 5.75 Å². The van der Waals surface area contributed by atoms with Gasteiger partial charge in [-0.25, -0.2) is 0 Å². The van der Waals surface area contributed by atoms with Gasteiger partial charge in [-0.05, 0) is 65.6 Å². The molecular formula is C27H34O2. The summed E-state index contributed by atoms with van der Waals surface area (Å²) < 4.78 is 0. The van der Waals surface area contributed by atoms with Crippen molar-refractivity contribution in [3.05, 3.63) is 76.4 Å². The van der Waals surface area contributed by atoms with Crippen molar-refractivity contribution in [2.45, 2.75) is 65.2 Å². The number of carbonyl (C=O) groups is 1. The maximum atomic E-state index is 11.1. The molecule has 2 nitrogen and oxygen atoms in total. The lowest BCUT2D eigenvalue weighted by atomic mass is 9.72. The molecule has 154 valence electrons. The number of rotatable bonds is 8. The largest absolute Gasteiger partial charge is 0.508 e. The first-order valence-corrected chi connectivity index (χ1v) is 10.3. The normalized spacial score (nSPS) is 14.0. The molecule has 29 heavy (non-hydrogen) atoms. The molecule has 2 rings (SSSR count). The Bertz CT molecular complexity index is 934. The molecule has 2 heteroatoms. The van der Waals surface area contributed by atoms with Gasteiger partial charge in [0.1, 0.15) is 12.0 Å². The highest BCUT2D eigenvalue weighted by Gasteiger charge is 2.28. The number of carbonyl (C=O) groups excluding carboxylic acids is 1. The van der Waals surface area contributed by atoms with Crippen molar-refractivity contribution in [3.63, 3.8) is 0 Å². The zero-order valence-electron chi connectivity index (χ0n) is 18.7. The number of benzene rings is 2. The standard InChI is InChI=1S/C27H34O2/c1-8-26(5,6)23-13-21(14-24(17-23)27(7,9-2)19(3)4)11-10-20-12-22(18-28)16-25(29)15-20/h10-18,29H,3,8-9H2,1-2,4-7H3. The fourth-order valence-corrected chi connectivity index (χ4v) is 3.43. The molecule has 2 aromatic rings. The summed E-state index contributed by atoms with van der Waals surface area (Å²) >= 11 is 0. The smallest absolute Gasteiger partial charge is 0.150 e. The van der Waals surface area contributed by atoms with Crippen LogP contribution in [-0.4, -0.2) is 11.4 Å². The number of phenols is 1. The summed E-state index contributed by atoms with van der Waals surface area (Å²) in [5.41, 5.74) is 6.09. The molecule has 0 fully saturated rings. The summed E-state index contributed by atoms with van der Waals surface area (Å²) in [6, 6.07) is 11.7. The fraction of sp³-hybridized carbons (Fsp3) is 0.370. The Morgan fingerprint density at radius 1 is 0.897 bits per heavy atom. The highest BCUT2D eigenvalue weighted by Crippen LogP contribution is 2.38. The monoisotopic (exact) mass is 390 g/mol. The second-order valence-corrected chi connectivity index (χ2v) is 8.86. The molecule has 0 heterocycles. The van der Waals surface area contributed by atoms with E-state index in [4.69, 9.17) is 0 Å². The van der Waals surface area contributed by atoms with E-state index < -0.39 is 0 Å². The number of aromatic hydroxyl groups is 1. The molecule has 1 N–H and O–H groups in total. The molecule has 0 saturated carbocycles. The van der Waals surface area contributed by atoms with Gasteiger partial charge in [-0.15, -0.1) is 0 Å². The van der Waals surface area contributed by atoms with Crippen molar-refractivity contribution >= 4 is 18.4 Å². The number of aldehydes is 1. The van der Waals surface area contributed by atoms with Crippen LogP contribution in [0.1, 0.15) is 87.0 Å². The molecule has 0 amide bonds. The third-order valence-corrected chi connectivity index (χ3v) is 6.47. The van der Waals surface area contributed by atoms with Crippen LogP contribution in [-0.2, 0) is 10.8 Å². The second kappa shape index (κ2) is 8.82. The summed E-state index contributed by atoms with van der Waals surface area (Å²) in [6.45, 7) is 17.6. The maximum absolute atomic E-state index is 11.1. The molecule has 2 aromatic carbocycles. The number of hydrogen-bond acceptors (Lipinski definition) is 2. The number of allylic oxidation sites excluding steroid dienone is 1. The van der Waals surface area contributed by atoms with Crippen LogP contribution < -0.4 is 0 Å². The molecule has 0 spiro atoms. The quantitative estimate of drug-likeness (QED) is 0.291. The predicted octanol–water partition coefficient (Wildman–Crippen LogP) is 7.31. The van der Waals surface area contributed by atoms with Crippen molar-refractivity contribution in [2.75, 3.05) is 0 Å². The first-order chi connectivity index (χ1) is 13.6. The SMILES string of the molecule is C=C(C)C(C)(CC)c1cc(C=Cc2cc(O)cc(C=O)c2)cc(C(C)(C)CC)c1. The van der Waals surface area contributed by atoms with E-state index in [0.29, 0.717) is 5.56 Å². The highest BCUT2D eigenvalue weighted by molar-refractivity contribution is 5.79. The van der Waals surface area contributed by atoms with Crippen molar-refractivity contribution in [1.29, 1.82) is 0 Å². The van der Waals surface area contributed by atoms with E-state index in [1.165, 1.54) is 17.2 Å². The third-order valence-electron chi connectivity index (χ3n) is 6.47. The first-order valence-electron chi connectivity index (χ1n) is 10.3. The Labute approximate surface area is 176 Å². The Hall–Kier alpha value is -2.61. The van der Waals surface area contributed by atoms with Gasteiger partial charge in [-0.2, -0.15) is 0 Å². The molecule has 0 radical (unpaired) electrons. The Morgan fingerprint density at radius 2 is 1.45 bits per heavy atom. The van der Waals surface area contributed by atoms with Gasteiger partial charge in [0.2, 0.25) is 0 Å². The lowest BCUT2D eigenvalue weighted by Gasteiger charge is -2.33. The van der Waals surface area contributed by atoms with E-state index in [9.17, 15) is 9.90 Å². The van der Waals surface area contributed by atoms with Gasteiger partial charge in [0, 0.05) is 11.0 Å². The van der Waals surface area contributed by atoms with Crippen molar-refractivity contribution in [1.82, 2.24) is 0 Å². The lowest BCUT2D eigenvalue weighted by molar-refractivity contribution is 0.112. The van der Waals surface area contributed by atoms with E-state index in [1.807, 2.05) is 6.08 Å². The van der Waals surface area contributed by atoms with Crippen LogP contribution in [0.15, 0.2) is 48.6 Å². The average molecular weight is 391 g/mol. The molecule has 0 bridgehead atoms. The van der Waals surface area contributed by atoms with Gasteiger partial charge >= 0.3 is 0 Å². The van der Waals surface area contributed by atoms with Crippen LogP contribution in [0.25, 0.3) is 12.2 Å². The molecule has 0 aliphatic carbocycles. The summed E-state index contributed by atoms with van der Waals surface area (Å²) in [6.07, 6.45) is 6.77. The summed E-state index contributed by atoms with van der Waals surface area (Å²) in [7, 11) is 0. The van der Waals surface area contributed by atoms with E-state index in [0.717, 1.165) is 35.8 Å². The van der Waals surface area contributed by atoms with Gasteiger partial charge in [0.25, 0.3) is 0 Å². The molecule has 0 aliphatic rings. The minimum Gasteiger partial charge on any atom is -0.508 e. The molecule has 1 unspecified atom stereocenters. The summed E-state index contributed by atoms with van der Waals surface area (Å²) in [5, 5.41) is 9.85. The van der Waals surface area contributed by atoms with Crippen molar-refractivity contribution < 1.29 is 9.90 Å². The van der Waals surface area contributed by atoms with Gasteiger partial charge in [-0.1, -0.05) is 77.1 Å². The second-order valence-electron chi connectivity index (χ2n) is 8.86. The van der Waals surface area contributed by atoms with E-state index in [1.54, 1.807) is 12.1 Å². The predicted molar refractivity (Wildman–Crippen MR) is 125 cm³/mol. The van der Waals surface area contributed by atoms with Crippen LogP contribution in [0.5, 0.6) is 5.75 Å². The van der Waals surface area contributed by atoms with Crippen LogP contribution >= 0.6 is 0 Å². The van der Waals surface area contributed by atoms with Gasteiger partial charge in [0.05, 0.1) is 0 Å². The van der Waals surface area contributed by atoms with Gasteiger partial charge in [0.15, 0.2) is 0 Å². The minimum atomic E-state index is -0.0852.